The van der Waals surface area contributed by atoms with Crippen molar-refractivity contribution >= 4 is 23.3 Å². The monoisotopic (exact) mass is 484 g/mol. The summed E-state index contributed by atoms with van der Waals surface area (Å²) in [5.41, 5.74) is 10.1. The van der Waals surface area contributed by atoms with E-state index < -0.39 is 0 Å². The quantitative estimate of drug-likeness (QED) is 0.368. The van der Waals surface area contributed by atoms with E-state index in [1.54, 1.807) is 36.2 Å². The Hall–Kier alpha value is -4.13. The van der Waals surface area contributed by atoms with Gasteiger partial charge in [0.2, 0.25) is 5.91 Å². The molecule has 1 aliphatic heterocycles. The van der Waals surface area contributed by atoms with Gasteiger partial charge in [0.15, 0.2) is 0 Å². The molecule has 2 amide bonds. The van der Waals surface area contributed by atoms with E-state index in [4.69, 9.17) is 15.9 Å². The molecule has 1 aliphatic rings. The smallest absolute Gasteiger partial charge is 0.254 e. The van der Waals surface area contributed by atoms with E-state index in [1.807, 2.05) is 54.3 Å². The molecule has 186 valence electrons. The number of nitrogens with zero attached hydrogens (tertiary/aromatic N) is 2. The zero-order valence-corrected chi connectivity index (χ0v) is 20.8. The van der Waals surface area contributed by atoms with Crippen molar-refractivity contribution in [1.82, 2.24) is 4.90 Å². The summed E-state index contributed by atoms with van der Waals surface area (Å²) < 4.78 is 6.03. The van der Waals surface area contributed by atoms with Gasteiger partial charge in [0.05, 0.1) is 6.42 Å². The molecule has 1 fully saturated rings. The topological polar surface area (TPSA) is 99.7 Å². The number of aryl methyl sites for hydroxylation is 1. The lowest BCUT2D eigenvalue weighted by Crippen LogP contribution is -2.30. The van der Waals surface area contributed by atoms with E-state index in [0.29, 0.717) is 34.7 Å². The molecule has 1 heterocycles. The molecule has 7 nitrogen and oxygen atoms in total. The Kier molecular flexibility index (Phi) is 7.68. The number of hydrogen-bond acceptors (Lipinski definition) is 4. The van der Waals surface area contributed by atoms with Crippen molar-refractivity contribution in [3.05, 3.63) is 94.5 Å². The molecule has 3 N–H and O–H groups in total. The second-order valence-electron chi connectivity index (χ2n) is 9.14. The average Bonchev–Trinajstić information content (AvgIpc) is 3.42. The summed E-state index contributed by atoms with van der Waals surface area (Å²) in [4.78, 5) is 29.6. The van der Waals surface area contributed by atoms with Crippen LogP contribution in [0, 0.1) is 12.3 Å². The molecule has 0 aliphatic carbocycles. The average molecular weight is 485 g/mol. The van der Waals surface area contributed by atoms with Gasteiger partial charge in [-0.05, 0) is 67.3 Å². The highest BCUT2D eigenvalue weighted by Gasteiger charge is 2.22. The number of rotatable bonds is 8. The van der Waals surface area contributed by atoms with Crippen molar-refractivity contribution in [3.8, 4) is 5.75 Å². The van der Waals surface area contributed by atoms with E-state index >= 15 is 0 Å². The van der Waals surface area contributed by atoms with Crippen LogP contribution in [0.25, 0.3) is 0 Å². The highest BCUT2D eigenvalue weighted by atomic mass is 16.5. The van der Waals surface area contributed by atoms with Crippen LogP contribution in [0.1, 0.15) is 45.5 Å². The lowest BCUT2D eigenvalue weighted by atomic mass is 10.0. The number of carbonyl (C=O) groups excluding carboxylic acids is 2. The Morgan fingerprint density at radius 2 is 1.75 bits per heavy atom. The van der Waals surface area contributed by atoms with Gasteiger partial charge in [0.1, 0.15) is 18.2 Å². The fraction of sp³-hybridized carbons (Fsp3) is 0.276. The first-order chi connectivity index (χ1) is 17.3. The van der Waals surface area contributed by atoms with Crippen LogP contribution in [0.15, 0.2) is 66.7 Å². The van der Waals surface area contributed by atoms with E-state index in [1.165, 1.54) is 0 Å². The number of carbonyl (C=O) groups is 2. The molecule has 0 bridgehead atoms. The second kappa shape index (κ2) is 11.1. The van der Waals surface area contributed by atoms with Crippen LogP contribution in [0.5, 0.6) is 5.75 Å². The summed E-state index contributed by atoms with van der Waals surface area (Å²) in [5, 5.41) is 7.79. The van der Waals surface area contributed by atoms with Gasteiger partial charge in [0.25, 0.3) is 5.91 Å². The van der Waals surface area contributed by atoms with Crippen molar-refractivity contribution in [2.24, 2.45) is 5.73 Å². The molecule has 1 saturated heterocycles. The van der Waals surface area contributed by atoms with Crippen LogP contribution in [0.3, 0.4) is 0 Å². The first-order valence-corrected chi connectivity index (χ1v) is 12.1. The number of amides is 2. The zero-order chi connectivity index (χ0) is 25.7. The lowest BCUT2D eigenvalue weighted by Gasteiger charge is -2.21. The fourth-order valence-electron chi connectivity index (χ4n) is 4.37. The summed E-state index contributed by atoms with van der Waals surface area (Å²) in [7, 11) is 1.72. The van der Waals surface area contributed by atoms with Gasteiger partial charge in [-0.15, -0.1) is 0 Å². The molecule has 3 aromatic carbocycles. The first kappa shape index (κ1) is 25.0. The Morgan fingerprint density at radius 1 is 1.03 bits per heavy atom. The Balaban J connectivity index is 1.51. The summed E-state index contributed by atoms with van der Waals surface area (Å²) >= 11 is 0. The normalized spacial score (nSPS) is 12.9. The van der Waals surface area contributed by atoms with Crippen LogP contribution in [0.2, 0.25) is 0 Å². The van der Waals surface area contributed by atoms with Gasteiger partial charge in [0, 0.05) is 42.5 Å². The first-order valence-electron chi connectivity index (χ1n) is 12.1. The largest absolute Gasteiger partial charge is 0.489 e. The molecule has 3 aromatic rings. The molecule has 0 atom stereocenters. The number of nitrogen functional groups attached to an aromatic ring is 1. The third-order valence-electron chi connectivity index (χ3n) is 6.55. The minimum Gasteiger partial charge on any atom is -0.489 e. The highest BCUT2D eigenvalue weighted by molar-refractivity contribution is 5.99. The van der Waals surface area contributed by atoms with Gasteiger partial charge in [-0.3, -0.25) is 15.0 Å². The molecular weight excluding hydrogens is 452 g/mol. The standard InChI is InChI=1S/C29H32N4O3/c1-20-16-24(11-12-25(20)29(35)33-14-6-7-15-33)32(2)27(34)18-23-17-22(28(30)31)10-13-26(23)36-19-21-8-4-3-5-9-21/h3-5,8-13,16-17H,6-7,14-15,18-19H2,1-2H3,(H3,30,31). The molecule has 0 spiro atoms. The SMILES string of the molecule is Cc1cc(N(C)C(=O)Cc2cc(C(=N)N)ccc2OCc2ccccc2)ccc1C(=O)N1CCCC1. The molecule has 0 radical (unpaired) electrons. The Labute approximate surface area is 212 Å². The van der Waals surface area contributed by atoms with Gasteiger partial charge < -0.3 is 20.3 Å². The fourth-order valence-corrected chi connectivity index (χ4v) is 4.37. The van der Waals surface area contributed by atoms with E-state index in [9.17, 15) is 9.59 Å². The number of nitrogens with one attached hydrogen (secondary N) is 1. The van der Waals surface area contributed by atoms with E-state index in [0.717, 1.165) is 37.1 Å². The summed E-state index contributed by atoms with van der Waals surface area (Å²) in [6.07, 6.45) is 2.17. The van der Waals surface area contributed by atoms with Crippen molar-refractivity contribution in [2.75, 3.05) is 25.0 Å². The molecule has 0 saturated carbocycles. The minimum atomic E-state index is -0.140. The van der Waals surface area contributed by atoms with Crippen LogP contribution < -0.4 is 15.4 Å². The number of amidine groups is 1. The van der Waals surface area contributed by atoms with Crippen molar-refractivity contribution in [3.63, 3.8) is 0 Å². The maximum Gasteiger partial charge on any atom is 0.254 e. The number of ether oxygens (including phenoxy) is 1. The van der Waals surface area contributed by atoms with Crippen molar-refractivity contribution in [1.29, 1.82) is 5.41 Å². The highest BCUT2D eigenvalue weighted by Crippen LogP contribution is 2.25. The number of benzene rings is 3. The molecule has 7 heteroatoms. The van der Waals surface area contributed by atoms with Crippen LogP contribution >= 0.6 is 0 Å². The van der Waals surface area contributed by atoms with Gasteiger partial charge in [-0.25, -0.2) is 0 Å². The maximum atomic E-state index is 13.3. The Bertz CT molecular complexity index is 1270. The zero-order valence-electron chi connectivity index (χ0n) is 20.8. The third kappa shape index (κ3) is 5.74. The van der Waals surface area contributed by atoms with Gasteiger partial charge in [-0.2, -0.15) is 0 Å². The number of nitrogens with two attached hydrogens (primary N) is 1. The number of likely N-dealkylation sites (tertiary alicyclic amines) is 1. The second-order valence-corrected chi connectivity index (χ2v) is 9.14. The predicted octanol–water partition coefficient (Wildman–Crippen LogP) is 4.30. The predicted molar refractivity (Wildman–Crippen MR) is 142 cm³/mol. The summed E-state index contributed by atoms with van der Waals surface area (Å²) in [5.74, 6) is 0.416. The number of anilines is 1. The Morgan fingerprint density at radius 3 is 2.42 bits per heavy atom. The molecule has 0 unspecified atom stereocenters. The number of hydrogen-bond donors (Lipinski definition) is 2. The van der Waals surface area contributed by atoms with E-state index in [2.05, 4.69) is 0 Å². The molecule has 0 aromatic heterocycles. The molecule has 4 rings (SSSR count). The maximum absolute atomic E-state index is 13.3. The van der Waals surface area contributed by atoms with Gasteiger partial charge >= 0.3 is 0 Å². The summed E-state index contributed by atoms with van der Waals surface area (Å²) in [6.45, 7) is 3.86. The minimum absolute atomic E-state index is 0.0479. The molecular formula is C29H32N4O3. The van der Waals surface area contributed by atoms with Gasteiger partial charge in [-0.1, -0.05) is 30.3 Å². The van der Waals surface area contributed by atoms with Crippen LogP contribution in [-0.4, -0.2) is 42.7 Å². The third-order valence-corrected chi connectivity index (χ3v) is 6.55. The van der Waals surface area contributed by atoms with Crippen LogP contribution in [0.4, 0.5) is 5.69 Å². The van der Waals surface area contributed by atoms with Crippen LogP contribution in [-0.2, 0) is 17.8 Å². The molecule has 36 heavy (non-hydrogen) atoms. The number of likely N-dealkylation sites (N-methyl/N-ethyl adjacent to an activating group) is 1. The van der Waals surface area contributed by atoms with Crippen molar-refractivity contribution in [2.45, 2.75) is 32.8 Å². The lowest BCUT2D eigenvalue weighted by molar-refractivity contribution is -0.117. The summed E-state index contributed by atoms with van der Waals surface area (Å²) in [6, 6.07) is 20.5. The van der Waals surface area contributed by atoms with E-state index in [-0.39, 0.29) is 24.1 Å². The van der Waals surface area contributed by atoms with Crippen molar-refractivity contribution < 1.29 is 14.3 Å².